The molecule has 200 valence electrons. The molecule has 0 radical (unpaired) electrons. The number of H-pyrrole nitrogens is 1. The van der Waals surface area contributed by atoms with Crippen LogP contribution in [0.2, 0.25) is 0 Å². The maximum absolute atomic E-state index is 13.8. The zero-order valence-corrected chi connectivity index (χ0v) is 22.0. The number of nitrogens with zero attached hydrogens (tertiary/aromatic N) is 5. The monoisotopic (exact) mass is 532 g/mol. The number of rotatable bonds is 10. The molecular weight excluding hydrogens is 504 g/mol. The van der Waals surface area contributed by atoms with E-state index in [1.807, 2.05) is 84.9 Å². The van der Waals surface area contributed by atoms with Crippen LogP contribution in [0.15, 0.2) is 113 Å². The largest absolute Gasteiger partial charge is 0.497 e. The number of hydrogen-bond acceptors (Lipinski definition) is 7. The second-order valence-corrected chi connectivity index (χ2v) is 9.56. The first-order chi connectivity index (χ1) is 19.7. The molecule has 3 aromatic heterocycles. The molecule has 6 rings (SSSR count). The first-order valence-corrected chi connectivity index (χ1v) is 13.0. The smallest absolute Gasteiger partial charge is 0.253 e. The summed E-state index contributed by atoms with van der Waals surface area (Å²) in [6.45, 7) is 1.43. The fourth-order valence-electron chi connectivity index (χ4n) is 4.96. The zero-order valence-electron chi connectivity index (χ0n) is 22.0. The predicted octanol–water partition coefficient (Wildman–Crippen LogP) is 4.96. The summed E-state index contributed by atoms with van der Waals surface area (Å²) in [5, 5.41) is 13.7. The number of pyridine rings is 1. The molecule has 1 N–H and O–H groups in total. The van der Waals surface area contributed by atoms with E-state index in [0.29, 0.717) is 42.3 Å². The van der Waals surface area contributed by atoms with Gasteiger partial charge in [0.05, 0.1) is 32.0 Å². The van der Waals surface area contributed by atoms with Crippen molar-refractivity contribution in [1.82, 2.24) is 30.1 Å². The highest BCUT2D eigenvalue weighted by atomic mass is 16.5. The Balaban J connectivity index is 1.51. The van der Waals surface area contributed by atoms with Crippen molar-refractivity contribution < 1.29 is 9.15 Å². The fourth-order valence-corrected chi connectivity index (χ4v) is 4.96. The quantitative estimate of drug-likeness (QED) is 0.266. The molecule has 9 heteroatoms. The summed E-state index contributed by atoms with van der Waals surface area (Å²) < 4.78 is 12.9. The highest BCUT2D eigenvalue weighted by molar-refractivity contribution is 5.80. The topological polar surface area (TPSA) is 102 Å². The van der Waals surface area contributed by atoms with Crippen LogP contribution in [0.4, 0.5) is 0 Å². The Morgan fingerprint density at radius 2 is 1.70 bits per heavy atom. The van der Waals surface area contributed by atoms with Crippen molar-refractivity contribution in [2.24, 2.45) is 0 Å². The first kappa shape index (κ1) is 25.3. The van der Waals surface area contributed by atoms with Crippen LogP contribution in [0.5, 0.6) is 5.75 Å². The Hall–Kier alpha value is -5.02. The Kier molecular flexibility index (Phi) is 7.19. The summed E-state index contributed by atoms with van der Waals surface area (Å²) in [4.78, 5) is 19.0. The molecule has 0 unspecified atom stereocenters. The van der Waals surface area contributed by atoms with E-state index in [1.165, 1.54) is 0 Å². The summed E-state index contributed by atoms with van der Waals surface area (Å²) in [6, 6.07) is 30.9. The van der Waals surface area contributed by atoms with Gasteiger partial charge in [0.2, 0.25) is 0 Å². The highest BCUT2D eigenvalue weighted by Crippen LogP contribution is 2.31. The molecule has 0 aliphatic rings. The molecule has 0 aliphatic carbocycles. The number of furan rings is 1. The highest BCUT2D eigenvalue weighted by Gasteiger charge is 2.31. The standard InChI is InChI=1S/C31H28N6O3/c1-39-25-15-14-24-17-27(31(38)32-28(24)18-25)29(30-33-34-35-37(30)20-23-11-6-3-7-12-23)36(21-26-13-8-16-40-26)19-22-9-4-2-5-10-22/h2-18,29H,19-21H2,1H3,(H,32,38)/t29-/m1/s1. The van der Waals surface area contributed by atoms with Gasteiger partial charge >= 0.3 is 0 Å². The van der Waals surface area contributed by atoms with Crippen LogP contribution in [-0.4, -0.2) is 37.2 Å². The van der Waals surface area contributed by atoms with Crippen LogP contribution in [0, 0.1) is 0 Å². The molecule has 1 atom stereocenters. The lowest BCUT2D eigenvalue weighted by Crippen LogP contribution is -2.34. The van der Waals surface area contributed by atoms with Crippen molar-refractivity contribution in [2.75, 3.05) is 7.11 Å². The lowest BCUT2D eigenvalue weighted by Gasteiger charge is -2.30. The summed E-state index contributed by atoms with van der Waals surface area (Å²) in [7, 11) is 1.60. The van der Waals surface area contributed by atoms with Crippen molar-refractivity contribution in [3.8, 4) is 5.75 Å². The third kappa shape index (κ3) is 5.41. The molecule has 0 spiro atoms. The van der Waals surface area contributed by atoms with Crippen LogP contribution in [0.1, 0.15) is 34.3 Å². The SMILES string of the molecule is COc1ccc2cc([C@H](c3nnnn3Cc3ccccc3)N(Cc3ccccc3)Cc3ccco3)c(=O)[nH]c2c1. The number of ether oxygens (including phenoxy) is 1. The van der Waals surface area contributed by atoms with Crippen molar-refractivity contribution in [3.63, 3.8) is 0 Å². The van der Waals surface area contributed by atoms with E-state index in [9.17, 15) is 4.79 Å². The van der Waals surface area contributed by atoms with E-state index >= 15 is 0 Å². The minimum absolute atomic E-state index is 0.225. The van der Waals surface area contributed by atoms with Crippen LogP contribution < -0.4 is 10.3 Å². The van der Waals surface area contributed by atoms with Crippen molar-refractivity contribution >= 4 is 10.9 Å². The summed E-state index contributed by atoms with van der Waals surface area (Å²) >= 11 is 0. The Morgan fingerprint density at radius 1 is 0.925 bits per heavy atom. The second kappa shape index (κ2) is 11.4. The molecule has 0 amide bonds. The van der Waals surface area contributed by atoms with E-state index in [-0.39, 0.29) is 5.56 Å². The van der Waals surface area contributed by atoms with Gasteiger partial charge < -0.3 is 14.1 Å². The number of tetrazole rings is 1. The van der Waals surface area contributed by atoms with Crippen molar-refractivity contribution in [2.45, 2.75) is 25.7 Å². The minimum Gasteiger partial charge on any atom is -0.497 e. The maximum Gasteiger partial charge on any atom is 0.253 e. The van der Waals surface area contributed by atoms with Gasteiger partial charge in [0.25, 0.3) is 5.56 Å². The zero-order chi connectivity index (χ0) is 27.3. The van der Waals surface area contributed by atoms with Gasteiger partial charge in [-0.1, -0.05) is 60.7 Å². The van der Waals surface area contributed by atoms with E-state index in [0.717, 1.165) is 22.3 Å². The molecule has 9 nitrogen and oxygen atoms in total. The maximum atomic E-state index is 13.8. The van der Waals surface area contributed by atoms with Gasteiger partial charge in [-0.3, -0.25) is 9.69 Å². The molecule has 0 aliphatic heterocycles. The van der Waals surface area contributed by atoms with Gasteiger partial charge in [-0.15, -0.1) is 5.10 Å². The number of hydrogen-bond donors (Lipinski definition) is 1. The van der Waals surface area contributed by atoms with E-state index in [1.54, 1.807) is 18.1 Å². The number of fused-ring (bicyclic) bond motifs is 1. The molecule has 0 saturated carbocycles. The number of aromatic amines is 1. The average Bonchev–Trinajstić information content (AvgIpc) is 3.67. The molecule has 0 saturated heterocycles. The normalized spacial score (nSPS) is 12.2. The number of aromatic nitrogens is 5. The van der Waals surface area contributed by atoms with Gasteiger partial charge in [-0.05, 0) is 57.3 Å². The molecule has 6 aromatic rings. The molecule has 0 fully saturated rings. The van der Waals surface area contributed by atoms with Crippen LogP contribution >= 0.6 is 0 Å². The molecule has 0 bridgehead atoms. The van der Waals surface area contributed by atoms with Gasteiger partial charge in [0, 0.05) is 18.2 Å². The number of benzene rings is 3. The van der Waals surface area contributed by atoms with Crippen molar-refractivity contribution in [3.05, 3.63) is 142 Å². The van der Waals surface area contributed by atoms with Crippen LogP contribution in [0.25, 0.3) is 10.9 Å². The van der Waals surface area contributed by atoms with E-state index < -0.39 is 6.04 Å². The summed E-state index contributed by atoms with van der Waals surface area (Å²) in [5.41, 5.74) is 3.14. The summed E-state index contributed by atoms with van der Waals surface area (Å²) in [6.07, 6.45) is 1.65. The predicted molar refractivity (Wildman–Crippen MR) is 151 cm³/mol. The van der Waals surface area contributed by atoms with Crippen LogP contribution in [0.3, 0.4) is 0 Å². The molecule has 3 heterocycles. The molecule has 3 aromatic carbocycles. The molecule has 40 heavy (non-hydrogen) atoms. The molecular formula is C31H28N6O3. The average molecular weight is 533 g/mol. The summed E-state index contributed by atoms with van der Waals surface area (Å²) in [5.74, 6) is 2.00. The van der Waals surface area contributed by atoms with E-state index in [2.05, 4.69) is 37.5 Å². The Morgan fingerprint density at radius 3 is 2.42 bits per heavy atom. The number of nitrogens with one attached hydrogen (secondary N) is 1. The van der Waals surface area contributed by atoms with Gasteiger partial charge in [-0.25, -0.2) is 4.68 Å². The third-order valence-electron chi connectivity index (χ3n) is 6.89. The fraction of sp³-hybridized carbons (Fsp3) is 0.161. The van der Waals surface area contributed by atoms with Crippen molar-refractivity contribution in [1.29, 1.82) is 0 Å². The Bertz CT molecular complexity index is 1750. The Labute approximate surface area is 230 Å². The van der Waals surface area contributed by atoms with Gasteiger partial charge in [-0.2, -0.15) is 0 Å². The minimum atomic E-state index is -0.584. The van der Waals surface area contributed by atoms with Gasteiger partial charge in [0.15, 0.2) is 5.82 Å². The lowest BCUT2D eigenvalue weighted by molar-refractivity contribution is 0.179. The lowest BCUT2D eigenvalue weighted by atomic mass is 10.0. The third-order valence-corrected chi connectivity index (χ3v) is 6.89. The second-order valence-electron chi connectivity index (χ2n) is 9.56. The van der Waals surface area contributed by atoms with Crippen LogP contribution in [-0.2, 0) is 19.6 Å². The number of methoxy groups -OCH3 is 1. The van der Waals surface area contributed by atoms with E-state index in [4.69, 9.17) is 9.15 Å². The van der Waals surface area contributed by atoms with Gasteiger partial charge in [0.1, 0.15) is 17.6 Å². The first-order valence-electron chi connectivity index (χ1n) is 13.0.